The SMILES string of the molecule is CCCCCCC(O)COc1ccc(C=CC(=O)O)cc1. The van der Waals surface area contributed by atoms with E-state index in [1.807, 2.05) is 0 Å². The first-order chi connectivity index (χ1) is 10.1. The number of unbranched alkanes of at least 4 members (excludes halogenated alkanes) is 3. The second kappa shape index (κ2) is 10.00. The van der Waals surface area contributed by atoms with Gasteiger partial charge in [-0.25, -0.2) is 4.79 Å². The zero-order valence-corrected chi connectivity index (χ0v) is 12.5. The molecule has 1 atom stereocenters. The van der Waals surface area contributed by atoms with Crippen molar-refractivity contribution in [2.45, 2.75) is 45.1 Å². The highest BCUT2D eigenvalue weighted by Crippen LogP contribution is 2.14. The molecule has 0 fully saturated rings. The Morgan fingerprint density at radius 3 is 2.57 bits per heavy atom. The lowest BCUT2D eigenvalue weighted by Gasteiger charge is -2.12. The van der Waals surface area contributed by atoms with Gasteiger partial charge >= 0.3 is 5.97 Å². The van der Waals surface area contributed by atoms with Gasteiger partial charge in [0.1, 0.15) is 12.4 Å². The second-order valence-corrected chi connectivity index (χ2v) is 5.05. The lowest BCUT2D eigenvalue weighted by atomic mass is 10.1. The fourth-order valence-electron chi connectivity index (χ4n) is 1.93. The van der Waals surface area contributed by atoms with Crippen molar-refractivity contribution in [1.82, 2.24) is 0 Å². The van der Waals surface area contributed by atoms with Crippen LogP contribution < -0.4 is 4.74 Å². The predicted octanol–water partition coefficient (Wildman–Crippen LogP) is 3.49. The van der Waals surface area contributed by atoms with Gasteiger partial charge < -0.3 is 14.9 Å². The van der Waals surface area contributed by atoms with Crippen molar-refractivity contribution in [1.29, 1.82) is 0 Å². The van der Waals surface area contributed by atoms with Crippen molar-refractivity contribution in [3.63, 3.8) is 0 Å². The van der Waals surface area contributed by atoms with Crippen LogP contribution in [0.2, 0.25) is 0 Å². The average Bonchev–Trinajstić information content (AvgIpc) is 2.48. The van der Waals surface area contributed by atoms with E-state index in [0.29, 0.717) is 5.75 Å². The zero-order valence-electron chi connectivity index (χ0n) is 12.5. The van der Waals surface area contributed by atoms with Gasteiger partial charge in [0.25, 0.3) is 0 Å². The van der Waals surface area contributed by atoms with E-state index in [0.717, 1.165) is 30.9 Å². The number of carboxylic acids is 1. The minimum Gasteiger partial charge on any atom is -0.491 e. The van der Waals surface area contributed by atoms with Crippen LogP contribution in [0.15, 0.2) is 30.3 Å². The maximum atomic E-state index is 10.4. The molecule has 0 radical (unpaired) electrons. The highest BCUT2D eigenvalue weighted by atomic mass is 16.5. The maximum Gasteiger partial charge on any atom is 0.328 e. The van der Waals surface area contributed by atoms with Gasteiger partial charge in [0.05, 0.1) is 6.10 Å². The molecule has 0 spiro atoms. The molecular weight excluding hydrogens is 268 g/mol. The summed E-state index contributed by atoms with van der Waals surface area (Å²) in [6.45, 7) is 2.45. The van der Waals surface area contributed by atoms with E-state index in [9.17, 15) is 9.90 Å². The lowest BCUT2D eigenvalue weighted by molar-refractivity contribution is -0.131. The maximum absolute atomic E-state index is 10.4. The van der Waals surface area contributed by atoms with Crippen LogP contribution >= 0.6 is 0 Å². The highest BCUT2D eigenvalue weighted by Gasteiger charge is 2.05. The van der Waals surface area contributed by atoms with Crippen molar-refractivity contribution >= 4 is 12.0 Å². The molecule has 0 bridgehead atoms. The Hall–Kier alpha value is -1.81. The van der Waals surface area contributed by atoms with Crippen LogP contribution in [0.4, 0.5) is 0 Å². The largest absolute Gasteiger partial charge is 0.491 e. The summed E-state index contributed by atoms with van der Waals surface area (Å²) in [7, 11) is 0. The first kappa shape index (κ1) is 17.2. The highest BCUT2D eigenvalue weighted by molar-refractivity contribution is 5.85. The van der Waals surface area contributed by atoms with Crippen LogP contribution in [0.3, 0.4) is 0 Å². The van der Waals surface area contributed by atoms with Crippen LogP contribution in [0, 0.1) is 0 Å². The third kappa shape index (κ3) is 8.15. The Bertz CT molecular complexity index is 437. The molecule has 0 aromatic heterocycles. The number of rotatable bonds is 10. The number of aliphatic carboxylic acids is 1. The molecule has 1 unspecified atom stereocenters. The fraction of sp³-hybridized carbons (Fsp3) is 0.471. The molecule has 1 aromatic rings. The van der Waals surface area contributed by atoms with E-state index in [1.54, 1.807) is 24.3 Å². The molecule has 0 heterocycles. The molecule has 1 rings (SSSR count). The van der Waals surface area contributed by atoms with Gasteiger partial charge in [-0.1, -0.05) is 44.7 Å². The number of ether oxygens (including phenoxy) is 1. The molecule has 0 aliphatic rings. The standard InChI is InChI=1S/C17H24O4/c1-2-3-4-5-6-15(18)13-21-16-10-7-14(8-11-16)9-12-17(19)20/h7-12,15,18H,2-6,13H2,1H3,(H,19,20). The van der Waals surface area contributed by atoms with Gasteiger partial charge in [0.15, 0.2) is 0 Å². The lowest BCUT2D eigenvalue weighted by Crippen LogP contribution is -2.17. The normalized spacial score (nSPS) is 12.5. The number of hydrogen-bond acceptors (Lipinski definition) is 3. The molecule has 1 aromatic carbocycles. The third-order valence-electron chi connectivity index (χ3n) is 3.13. The van der Waals surface area contributed by atoms with Crippen LogP contribution in [-0.4, -0.2) is 28.9 Å². The Morgan fingerprint density at radius 2 is 1.95 bits per heavy atom. The summed E-state index contributed by atoms with van der Waals surface area (Å²) in [4.78, 5) is 10.4. The fourth-order valence-corrected chi connectivity index (χ4v) is 1.93. The van der Waals surface area contributed by atoms with Gasteiger partial charge in [0.2, 0.25) is 0 Å². The van der Waals surface area contributed by atoms with Gasteiger partial charge in [-0.05, 0) is 30.2 Å². The topological polar surface area (TPSA) is 66.8 Å². The van der Waals surface area contributed by atoms with Crippen molar-refractivity contribution in [2.24, 2.45) is 0 Å². The molecule has 116 valence electrons. The Labute approximate surface area is 126 Å². The van der Waals surface area contributed by atoms with Gasteiger partial charge in [0, 0.05) is 6.08 Å². The van der Waals surface area contributed by atoms with Crippen molar-refractivity contribution in [3.05, 3.63) is 35.9 Å². The smallest absolute Gasteiger partial charge is 0.328 e. The van der Waals surface area contributed by atoms with Gasteiger partial charge in [-0.15, -0.1) is 0 Å². The molecule has 0 saturated heterocycles. The first-order valence-corrected chi connectivity index (χ1v) is 7.43. The van der Waals surface area contributed by atoms with E-state index in [4.69, 9.17) is 9.84 Å². The number of hydrogen-bond donors (Lipinski definition) is 2. The molecule has 0 aliphatic heterocycles. The molecule has 4 nitrogen and oxygen atoms in total. The number of carbonyl (C=O) groups is 1. The van der Waals surface area contributed by atoms with Crippen molar-refractivity contribution < 1.29 is 19.7 Å². The number of aliphatic hydroxyl groups is 1. The van der Waals surface area contributed by atoms with Crippen LogP contribution in [0.1, 0.15) is 44.6 Å². The summed E-state index contributed by atoms with van der Waals surface area (Å²) in [5.41, 5.74) is 0.796. The minimum atomic E-state index is -0.971. The zero-order chi connectivity index (χ0) is 15.5. The number of carboxylic acid groups (broad SMARTS) is 1. The van der Waals surface area contributed by atoms with E-state index in [-0.39, 0.29) is 6.61 Å². The van der Waals surface area contributed by atoms with E-state index in [1.165, 1.54) is 18.9 Å². The molecular formula is C17H24O4. The molecule has 0 aliphatic carbocycles. The summed E-state index contributed by atoms with van der Waals surface area (Å²) in [5.74, 6) is -0.295. The van der Waals surface area contributed by atoms with Gasteiger partial charge in [-0.2, -0.15) is 0 Å². The van der Waals surface area contributed by atoms with E-state index < -0.39 is 12.1 Å². The van der Waals surface area contributed by atoms with Crippen LogP contribution in [-0.2, 0) is 4.79 Å². The summed E-state index contributed by atoms with van der Waals surface area (Å²) < 4.78 is 5.51. The van der Waals surface area contributed by atoms with Crippen LogP contribution in [0.5, 0.6) is 5.75 Å². The monoisotopic (exact) mass is 292 g/mol. The minimum absolute atomic E-state index is 0.288. The Kier molecular flexibility index (Phi) is 8.21. The van der Waals surface area contributed by atoms with Gasteiger partial charge in [-0.3, -0.25) is 0 Å². The Balaban J connectivity index is 2.30. The summed E-state index contributed by atoms with van der Waals surface area (Å²) in [6, 6.07) is 7.10. The van der Waals surface area contributed by atoms with Crippen molar-refractivity contribution in [3.8, 4) is 5.75 Å². The molecule has 0 amide bonds. The number of aliphatic hydroxyl groups excluding tert-OH is 1. The summed E-state index contributed by atoms with van der Waals surface area (Å²) in [6.07, 6.45) is 7.52. The molecule has 21 heavy (non-hydrogen) atoms. The Morgan fingerprint density at radius 1 is 1.24 bits per heavy atom. The number of benzene rings is 1. The average molecular weight is 292 g/mol. The van der Waals surface area contributed by atoms with Crippen molar-refractivity contribution in [2.75, 3.05) is 6.61 Å². The summed E-state index contributed by atoms with van der Waals surface area (Å²) in [5, 5.41) is 18.3. The van der Waals surface area contributed by atoms with Crippen LogP contribution in [0.25, 0.3) is 6.08 Å². The predicted molar refractivity (Wildman–Crippen MR) is 83.4 cm³/mol. The summed E-state index contributed by atoms with van der Waals surface area (Å²) >= 11 is 0. The molecule has 0 saturated carbocycles. The molecule has 2 N–H and O–H groups in total. The molecule has 4 heteroatoms. The second-order valence-electron chi connectivity index (χ2n) is 5.05. The third-order valence-corrected chi connectivity index (χ3v) is 3.13. The van der Waals surface area contributed by atoms with E-state index >= 15 is 0 Å². The van der Waals surface area contributed by atoms with E-state index in [2.05, 4.69) is 6.92 Å². The first-order valence-electron chi connectivity index (χ1n) is 7.43. The quantitative estimate of drug-likeness (QED) is 0.511.